The summed E-state index contributed by atoms with van der Waals surface area (Å²) in [6.45, 7) is 0. The lowest BCUT2D eigenvalue weighted by atomic mass is 10.0. The Balaban J connectivity index is 1.84. The van der Waals surface area contributed by atoms with E-state index in [1.54, 1.807) is 0 Å². The number of hydrogen-bond acceptors (Lipinski definition) is 2. The molecule has 96 valence electrons. The molecule has 0 saturated carbocycles. The van der Waals surface area contributed by atoms with Crippen molar-refractivity contribution in [1.29, 1.82) is 0 Å². The van der Waals surface area contributed by atoms with E-state index in [1.165, 1.54) is 16.3 Å². The average molecular weight is 316 g/mol. The number of halogens is 1. The summed E-state index contributed by atoms with van der Waals surface area (Å²) in [4.78, 5) is 0. The van der Waals surface area contributed by atoms with Crippen LogP contribution in [0.4, 0.5) is 0 Å². The van der Waals surface area contributed by atoms with Crippen LogP contribution < -0.4 is 5.73 Å². The predicted molar refractivity (Wildman–Crippen MR) is 81.0 cm³/mol. The van der Waals surface area contributed by atoms with Crippen molar-refractivity contribution in [2.24, 2.45) is 5.73 Å². The molecule has 2 aromatic carbocycles. The molecular formula is C16H14BrNO. The lowest BCUT2D eigenvalue weighted by molar-refractivity contribution is 0.448. The smallest absolute Gasteiger partial charge is 0.169 e. The molecule has 2 N–H and O–H groups in total. The molecule has 3 aromatic rings. The van der Waals surface area contributed by atoms with E-state index in [0.717, 1.165) is 16.9 Å². The molecule has 0 aliphatic rings. The molecule has 1 aromatic heterocycles. The van der Waals surface area contributed by atoms with Gasteiger partial charge in [-0.05, 0) is 50.8 Å². The molecule has 0 spiro atoms. The van der Waals surface area contributed by atoms with Crippen LogP contribution in [0.5, 0.6) is 0 Å². The van der Waals surface area contributed by atoms with Crippen molar-refractivity contribution in [2.75, 3.05) is 0 Å². The van der Waals surface area contributed by atoms with E-state index in [9.17, 15) is 0 Å². The van der Waals surface area contributed by atoms with E-state index >= 15 is 0 Å². The monoisotopic (exact) mass is 315 g/mol. The zero-order valence-corrected chi connectivity index (χ0v) is 11.9. The molecular weight excluding hydrogens is 302 g/mol. The van der Waals surface area contributed by atoms with Crippen molar-refractivity contribution in [3.05, 3.63) is 70.6 Å². The number of nitrogens with two attached hydrogens (primary N) is 1. The Morgan fingerprint density at radius 2 is 1.79 bits per heavy atom. The van der Waals surface area contributed by atoms with Gasteiger partial charge in [0.15, 0.2) is 4.67 Å². The van der Waals surface area contributed by atoms with Gasteiger partial charge < -0.3 is 10.2 Å². The molecule has 0 saturated heterocycles. The van der Waals surface area contributed by atoms with Gasteiger partial charge in [0.2, 0.25) is 0 Å². The van der Waals surface area contributed by atoms with Crippen LogP contribution in [0, 0.1) is 0 Å². The minimum Gasteiger partial charge on any atom is -0.453 e. The van der Waals surface area contributed by atoms with Crippen molar-refractivity contribution >= 4 is 26.7 Å². The van der Waals surface area contributed by atoms with Crippen LogP contribution in [0.3, 0.4) is 0 Å². The van der Waals surface area contributed by atoms with E-state index in [0.29, 0.717) is 0 Å². The molecule has 2 nitrogen and oxygen atoms in total. The summed E-state index contributed by atoms with van der Waals surface area (Å²) in [5.74, 6) is 0.806. The normalized spacial score (nSPS) is 12.7. The van der Waals surface area contributed by atoms with Gasteiger partial charge >= 0.3 is 0 Å². The van der Waals surface area contributed by atoms with Crippen molar-refractivity contribution in [3.8, 4) is 0 Å². The van der Waals surface area contributed by atoms with Crippen LogP contribution in [-0.4, -0.2) is 0 Å². The summed E-state index contributed by atoms with van der Waals surface area (Å²) >= 11 is 3.30. The number of benzene rings is 2. The maximum atomic E-state index is 6.17. The summed E-state index contributed by atoms with van der Waals surface area (Å²) in [6.07, 6.45) is 0.769. The maximum absolute atomic E-state index is 6.17. The van der Waals surface area contributed by atoms with Gasteiger partial charge in [-0.2, -0.15) is 0 Å². The van der Waals surface area contributed by atoms with Crippen LogP contribution in [0.1, 0.15) is 17.4 Å². The Bertz CT molecular complexity index is 705. The van der Waals surface area contributed by atoms with Gasteiger partial charge in [0.25, 0.3) is 0 Å². The third-order valence-corrected chi connectivity index (χ3v) is 3.66. The Morgan fingerprint density at radius 1 is 1.00 bits per heavy atom. The highest BCUT2D eigenvalue weighted by atomic mass is 79.9. The second-order valence-electron chi connectivity index (χ2n) is 4.63. The average Bonchev–Trinajstić information content (AvgIpc) is 2.85. The molecule has 1 heterocycles. The topological polar surface area (TPSA) is 39.2 Å². The highest BCUT2D eigenvalue weighted by Gasteiger charge is 2.11. The van der Waals surface area contributed by atoms with Gasteiger partial charge in [0.05, 0.1) is 6.04 Å². The summed E-state index contributed by atoms with van der Waals surface area (Å²) in [5, 5.41) is 2.49. The fourth-order valence-electron chi connectivity index (χ4n) is 2.25. The molecule has 19 heavy (non-hydrogen) atoms. The van der Waals surface area contributed by atoms with Crippen LogP contribution in [0.15, 0.2) is 63.7 Å². The molecule has 0 fully saturated rings. The fraction of sp³-hybridized carbons (Fsp3) is 0.125. The summed E-state index contributed by atoms with van der Waals surface area (Å²) in [7, 11) is 0. The standard InChI is InChI=1S/C16H14BrNO/c17-16-8-7-15(19-16)14(18)10-11-5-6-12-3-1-2-4-13(12)9-11/h1-9,14H,10,18H2. The van der Waals surface area contributed by atoms with Crippen LogP contribution in [0.2, 0.25) is 0 Å². The van der Waals surface area contributed by atoms with E-state index in [4.69, 9.17) is 10.2 Å². The largest absolute Gasteiger partial charge is 0.453 e. The van der Waals surface area contributed by atoms with Gasteiger partial charge in [-0.1, -0.05) is 42.5 Å². The molecule has 0 aliphatic heterocycles. The zero-order chi connectivity index (χ0) is 13.2. The highest BCUT2D eigenvalue weighted by Crippen LogP contribution is 2.23. The van der Waals surface area contributed by atoms with E-state index in [2.05, 4.69) is 52.3 Å². The maximum Gasteiger partial charge on any atom is 0.169 e. The number of hydrogen-bond donors (Lipinski definition) is 1. The minimum atomic E-state index is -0.118. The van der Waals surface area contributed by atoms with Crippen LogP contribution in [0.25, 0.3) is 10.8 Å². The molecule has 0 aliphatic carbocycles. The van der Waals surface area contributed by atoms with Crippen molar-refractivity contribution in [1.82, 2.24) is 0 Å². The van der Waals surface area contributed by atoms with E-state index in [1.807, 2.05) is 18.2 Å². The molecule has 3 heteroatoms. The van der Waals surface area contributed by atoms with E-state index in [-0.39, 0.29) is 6.04 Å². The third kappa shape index (κ3) is 2.72. The quantitative estimate of drug-likeness (QED) is 0.776. The molecule has 1 atom stereocenters. The van der Waals surface area contributed by atoms with E-state index < -0.39 is 0 Å². The molecule has 3 rings (SSSR count). The van der Waals surface area contributed by atoms with Gasteiger partial charge in [0.1, 0.15) is 5.76 Å². The molecule has 0 radical (unpaired) electrons. The third-order valence-electron chi connectivity index (χ3n) is 3.23. The predicted octanol–water partition coefficient (Wildman–Crippen LogP) is 4.44. The van der Waals surface area contributed by atoms with Crippen LogP contribution >= 0.6 is 15.9 Å². The van der Waals surface area contributed by atoms with Crippen LogP contribution in [-0.2, 0) is 6.42 Å². The second kappa shape index (κ2) is 5.19. The molecule has 1 unspecified atom stereocenters. The SMILES string of the molecule is NC(Cc1ccc2ccccc2c1)c1ccc(Br)o1. The van der Waals surface area contributed by atoms with Crippen molar-refractivity contribution in [2.45, 2.75) is 12.5 Å². The van der Waals surface area contributed by atoms with Gasteiger partial charge in [-0.25, -0.2) is 0 Å². The summed E-state index contributed by atoms with van der Waals surface area (Å²) in [6, 6.07) is 18.4. The highest BCUT2D eigenvalue weighted by molar-refractivity contribution is 9.10. The van der Waals surface area contributed by atoms with Gasteiger partial charge in [-0.15, -0.1) is 0 Å². The van der Waals surface area contributed by atoms with Crippen molar-refractivity contribution < 1.29 is 4.42 Å². The van der Waals surface area contributed by atoms with Gasteiger partial charge in [-0.3, -0.25) is 0 Å². The molecule has 0 bridgehead atoms. The zero-order valence-electron chi connectivity index (χ0n) is 10.3. The number of furan rings is 1. The Labute approximate surface area is 120 Å². The Hall–Kier alpha value is -1.58. The number of fused-ring (bicyclic) bond motifs is 1. The lowest BCUT2D eigenvalue weighted by Gasteiger charge is -2.09. The fourth-order valence-corrected chi connectivity index (χ4v) is 2.57. The summed E-state index contributed by atoms with van der Waals surface area (Å²) in [5.41, 5.74) is 7.39. The Morgan fingerprint density at radius 3 is 2.53 bits per heavy atom. The first-order valence-corrected chi connectivity index (χ1v) is 7.00. The lowest BCUT2D eigenvalue weighted by Crippen LogP contribution is -2.12. The Kier molecular flexibility index (Phi) is 3.40. The minimum absolute atomic E-state index is 0.118. The van der Waals surface area contributed by atoms with Gasteiger partial charge in [0, 0.05) is 0 Å². The first-order chi connectivity index (χ1) is 9.22. The van der Waals surface area contributed by atoms with Crippen molar-refractivity contribution in [3.63, 3.8) is 0 Å². The summed E-state index contributed by atoms with van der Waals surface area (Å²) < 4.78 is 6.22. The number of rotatable bonds is 3. The second-order valence-corrected chi connectivity index (χ2v) is 5.42. The molecule has 0 amide bonds. The first-order valence-electron chi connectivity index (χ1n) is 6.21. The first kappa shape index (κ1) is 12.5.